The first-order valence-electron chi connectivity index (χ1n) is 8.58. The van der Waals surface area contributed by atoms with Gasteiger partial charge in [0.1, 0.15) is 11.5 Å². The highest BCUT2D eigenvalue weighted by Gasteiger charge is 2.07. The third kappa shape index (κ3) is 4.60. The molecule has 2 N–H and O–H groups in total. The number of carbonyl (C=O) groups excluding carboxylic acids is 1. The quantitative estimate of drug-likeness (QED) is 0.423. The number of halogens is 1. The molecule has 7 heteroatoms. The SMILES string of the molecule is O=C(CNc1nc2ccc(Cl)cc2s1)Nc1ccc(Oc2ccccc2)cc1. The van der Waals surface area contributed by atoms with Gasteiger partial charge < -0.3 is 15.4 Å². The van der Waals surface area contributed by atoms with Gasteiger partial charge in [-0.1, -0.05) is 41.1 Å². The van der Waals surface area contributed by atoms with Crippen LogP contribution >= 0.6 is 22.9 Å². The minimum Gasteiger partial charge on any atom is -0.457 e. The van der Waals surface area contributed by atoms with Crippen molar-refractivity contribution in [1.29, 1.82) is 0 Å². The molecular formula is C21H16ClN3O2S. The molecule has 28 heavy (non-hydrogen) atoms. The number of anilines is 2. The summed E-state index contributed by atoms with van der Waals surface area (Å²) in [5.74, 6) is 1.31. The summed E-state index contributed by atoms with van der Waals surface area (Å²) in [7, 11) is 0. The maximum absolute atomic E-state index is 12.2. The van der Waals surface area contributed by atoms with Gasteiger partial charge >= 0.3 is 0 Å². The molecule has 3 aromatic carbocycles. The van der Waals surface area contributed by atoms with Crippen LogP contribution in [-0.4, -0.2) is 17.4 Å². The minimum absolute atomic E-state index is 0.121. The van der Waals surface area contributed by atoms with E-state index in [0.717, 1.165) is 16.0 Å². The van der Waals surface area contributed by atoms with Crippen molar-refractivity contribution in [2.45, 2.75) is 0 Å². The van der Waals surface area contributed by atoms with Gasteiger partial charge in [-0.2, -0.15) is 0 Å². The fourth-order valence-corrected chi connectivity index (χ4v) is 3.70. The lowest BCUT2D eigenvalue weighted by Gasteiger charge is -2.08. The summed E-state index contributed by atoms with van der Waals surface area (Å²) in [5.41, 5.74) is 1.55. The molecule has 0 aliphatic carbocycles. The molecular weight excluding hydrogens is 394 g/mol. The molecule has 0 saturated heterocycles. The lowest BCUT2D eigenvalue weighted by atomic mass is 10.3. The highest BCUT2D eigenvalue weighted by molar-refractivity contribution is 7.22. The van der Waals surface area contributed by atoms with Crippen molar-refractivity contribution in [2.75, 3.05) is 17.2 Å². The minimum atomic E-state index is -0.158. The first-order valence-corrected chi connectivity index (χ1v) is 9.78. The molecule has 1 aromatic heterocycles. The van der Waals surface area contributed by atoms with Crippen molar-refractivity contribution >= 4 is 49.9 Å². The molecule has 0 bridgehead atoms. The van der Waals surface area contributed by atoms with E-state index in [4.69, 9.17) is 16.3 Å². The number of ether oxygens (including phenoxy) is 1. The lowest BCUT2D eigenvalue weighted by Crippen LogP contribution is -2.21. The van der Waals surface area contributed by atoms with Crippen molar-refractivity contribution in [3.05, 3.63) is 77.8 Å². The van der Waals surface area contributed by atoms with E-state index in [2.05, 4.69) is 15.6 Å². The number of nitrogens with zero attached hydrogens (tertiary/aromatic N) is 1. The summed E-state index contributed by atoms with van der Waals surface area (Å²) in [6.45, 7) is 0.121. The first-order chi connectivity index (χ1) is 13.7. The van der Waals surface area contributed by atoms with Crippen molar-refractivity contribution in [3.63, 3.8) is 0 Å². The van der Waals surface area contributed by atoms with Crippen LogP contribution < -0.4 is 15.4 Å². The van der Waals surface area contributed by atoms with Gasteiger partial charge in [0, 0.05) is 10.7 Å². The molecule has 0 spiro atoms. The summed E-state index contributed by atoms with van der Waals surface area (Å²) in [6.07, 6.45) is 0. The Kier molecular flexibility index (Phi) is 5.41. The van der Waals surface area contributed by atoms with Gasteiger partial charge in [0.2, 0.25) is 5.91 Å². The largest absolute Gasteiger partial charge is 0.457 e. The van der Waals surface area contributed by atoms with Crippen LogP contribution in [0.1, 0.15) is 0 Å². The Hall–Kier alpha value is -3.09. The van der Waals surface area contributed by atoms with Crippen LogP contribution in [0, 0.1) is 0 Å². The number of nitrogens with one attached hydrogen (secondary N) is 2. The van der Waals surface area contributed by atoms with E-state index in [1.54, 1.807) is 18.2 Å². The second-order valence-corrected chi connectivity index (χ2v) is 7.44. The molecule has 1 heterocycles. The molecule has 4 rings (SSSR count). The second-order valence-electron chi connectivity index (χ2n) is 5.97. The van der Waals surface area contributed by atoms with Gasteiger partial charge in [0.05, 0.1) is 16.8 Å². The van der Waals surface area contributed by atoms with E-state index >= 15 is 0 Å². The molecule has 0 radical (unpaired) electrons. The standard InChI is InChI=1S/C21H16ClN3O2S/c22-14-6-11-18-19(12-14)28-21(25-18)23-13-20(26)24-15-7-9-17(10-8-15)27-16-4-2-1-3-5-16/h1-12H,13H2,(H,23,25)(H,24,26). The van der Waals surface area contributed by atoms with E-state index in [9.17, 15) is 4.79 Å². The van der Waals surface area contributed by atoms with Crippen molar-refractivity contribution in [1.82, 2.24) is 4.98 Å². The highest BCUT2D eigenvalue weighted by Crippen LogP contribution is 2.28. The van der Waals surface area contributed by atoms with Crippen LogP contribution in [0.15, 0.2) is 72.8 Å². The Morgan fingerprint density at radius 2 is 1.75 bits per heavy atom. The number of fused-ring (bicyclic) bond motifs is 1. The summed E-state index contributed by atoms with van der Waals surface area (Å²) < 4.78 is 6.72. The van der Waals surface area contributed by atoms with Crippen LogP contribution in [0.2, 0.25) is 5.02 Å². The van der Waals surface area contributed by atoms with Crippen LogP contribution in [0.25, 0.3) is 10.2 Å². The molecule has 4 aromatic rings. The average molecular weight is 410 g/mol. The van der Waals surface area contributed by atoms with E-state index in [-0.39, 0.29) is 12.5 Å². The van der Waals surface area contributed by atoms with E-state index < -0.39 is 0 Å². The topological polar surface area (TPSA) is 63.2 Å². The van der Waals surface area contributed by atoms with Crippen LogP contribution in [0.5, 0.6) is 11.5 Å². The molecule has 0 aliphatic heterocycles. The average Bonchev–Trinajstić information content (AvgIpc) is 3.11. The van der Waals surface area contributed by atoms with E-state index in [0.29, 0.717) is 21.6 Å². The van der Waals surface area contributed by atoms with Gasteiger partial charge in [0.15, 0.2) is 5.13 Å². The normalized spacial score (nSPS) is 10.6. The number of hydrogen-bond acceptors (Lipinski definition) is 5. The molecule has 0 unspecified atom stereocenters. The van der Waals surface area contributed by atoms with Gasteiger partial charge in [-0.25, -0.2) is 4.98 Å². The fourth-order valence-electron chi connectivity index (χ4n) is 2.57. The number of para-hydroxylation sites is 1. The Morgan fingerprint density at radius 3 is 2.54 bits per heavy atom. The van der Waals surface area contributed by atoms with Crippen molar-refractivity contribution < 1.29 is 9.53 Å². The molecule has 5 nitrogen and oxygen atoms in total. The summed E-state index contributed by atoms with van der Waals surface area (Å²) >= 11 is 7.45. The lowest BCUT2D eigenvalue weighted by molar-refractivity contribution is -0.114. The van der Waals surface area contributed by atoms with E-state index in [1.807, 2.05) is 54.6 Å². The first kappa shape index (κ1) is 18.3. The summed E-state index contributed by atoms with van der Waals surface area (Å²) in [4.78, 5) is 16.6. The number of rotatable bonds is 6. The number of carbonyl (C=O) groups is 1. The van der Waals surface area contributed by atoms with Crippen molar-refractivity contribution in [2.24, 2.45) is 0 Å². The maximum Gasteiger partial charge on any atom is 0.243 e. The zero-order valence-corrected chi connectivity index (χ0v) is 16.3. The Morgan fingerprint density at radius 1 is 1.00 bits per heavy atom. The van der Waals surface area contributed by atoms with Gasteiger partial charge in [-0.05, 0) is 54.6 Å². The Balaban J connectivity index is 1.31. The third-order valence-corrected chi connectivity index (χ3v) is 5.08. The van der Waals surface area contributed by atoms with Crippen molar-refractivity contribution in [3.8, 4) is 11.5 Å². The smallest absolute Gasteiger partial charge is 0.243 e. The van der Waals surface area contributed by atoms with Crippen LogP contribution in [0.3, 0.4) is 0 Å². The Labute approximate surface area is 170 Å². The number of benzene rings is 3. The highest BCUT2D eigenvalue weighted by atomic mass is 35.5. The number of hydrogen-bond donors (Lipinski definition) is 2. The summed E-state index contributed by atoms with van der Waals surface area (Å²) in [5, 5.41) is 7.24. The van der Waals surface area contributed by atoms with Gasteiger partial charge in [-0.15, -0.1) is 0 Å². The summed E-state index contributed by atoms with van der Waals surface area (Å²) in [6, 6.07) is 22.3. The second kappa shape index (κ2) is 8.29. The van der Waals surface area contributed by atoms with Crippen LogP contribution in [-0.2, 0) is 4.79 Å². The zero-order valence-electron chi connectivity index (χ0n) is 14.7. The van der Waals surface area contributed by atoms with E-state index in [1.165, 1.54) is 11.3 Å². The number of amides is 1. The fraction of sp³-hybridized carbons (Fsp3) is 0.0476. The van der Waals surface area contributed by atoms with Gasteiger partial charge in [0.25, 0.3) is 0 Å². The molecule has 0 atom stereocenters. The monoisotopic (exact) mass is 409 g/mol. The molecule has 0 fully saturated rings. The molecule has 0 aliphatic rings. The number of aromatic nitrogens is 1. The zero-order chi connectivity index (χ0) is 19.3. The predicted octanol–water partition coefficient (Wildman–Crippen LogP) is 5.79. The third-order valence-electron chi connectivity index (χ3n) is 3.87. The van der Waals surface area contributed by atoms with Crippen LogP contribution in [0.4, 0.5) is 10.8 Å². The molecule has 140 valence electrons. The Bertz CT molecular complexity index is 1100. The predicted molar refractivity (Wildman–Crippen MR) is 115 cm³/mol. The van der Waals surface area contributed by atoms with Gasteiger partial charge in [-0.3, -0.25) is 4.79 Å². The molecule has 0 saturated carbocycles. The maximum atomic E-state index is 12.2. The molecule has 1 amide bonds. The number of thiazole rings is 1.